The fourth-order valence-electron chi connectivity index (χ4n) is 2.12. The summed E-state index contributed by atoms with van der Waals surface area (Å²) in [5, 5.41) is 5.36. The lowest BCUT2D eigenvalue weighted by Gasteiger charge is -2.25. The highest BCUT2D eigenvalue weighted by atomic mass is 16.5. The van der Waals surface area contributed by atoms with E-state index in [4.69, 9.17) is 4.74 Å². The molecule has 134 valence electrons. The van der Waals surface area contributed by atoms with Gasteiger partial charge in [0.2, 0.25) is 11.8 Å². The largest absolute Gasteiger partial charge is 0.464 e. The fraction of sp³-hybridized carbons (Fsp3) is 0.824. The van der Waals surface area contributed by atoms with Crippen molar-refractivity contribution in [3.8, 4) is 0 Å². The van der Waals surface area contributed by atoms with E-state index in [1.54, 1.807) is 0 Å². The van der Waals surface area contributed by atoms with Gasteiger partial charge in [-0.15, -0.1) is 0 Å². The van der Waals surface area contributed by atoms with Crippen molar-refractivity contribution in [2.45, 2.75) is 72.9 Å². The minimum Gasteiger partial charge on any atom is -0.464 e. The molecule has 2 amide bonds. The summed E-state index contributed by atoms with van der Waals surface area (Å²) in [6.07, 6.45) is 2.24. The third kappa shape index (κ3) is 9.21. The van der Waals surface area contributed by atoms with Gasteiger partial charge in [-0.3, -0.25) is 9.59 Å². The van der Waals surface area contributed by atoms with E-state index in [1.165, 1.54) is 6.92 Å². The van der Waals surface area contributed by atoms with Gasteiger partial charge in [-0.05, 0) is 24.7 Å². The number of hydrogen-bond acceptors (Lipinski definition) is 4. The first-order valence-corrected chi connectivity index (χ1v) is 8.43. The number of nitrogens with one attached hydrogen (secondary N) is 2. The Balaban J connectivity index is 4.87. The summed E-state index contributed by atoms with van der Waals surface area (Å²) in [5.74, 6) is -0.879. The Hall–Kier alpha value is -1.59. The third-order valence-corrected chi connectivity index (χ3v) is 3.36. The first kappa shape index (κ1) is 21.4. The smallest absolute Gasteiger partial charge is 0.328 e. The molecule has 0 radical (unpaired) electrons. The first-order chi connectivity index (χ1) is 10.7. The molecule has 0 aromatic heterocycles. The van der Waals surface area contributed by atoms with Gasteiger partial charge in [-0.25, -0.2) is 4.79 Å². The second kappa shape index (κ2) is 11.0. The van der Waals surface area contributed by atoms with Crippen LogP contribution in [0.3, 0.4) is 0 Å². The summed E-state index contributed by atoms with van der Waals surface area (Å²) in [6.45, 7) is 11.4. The topological polar surface area (TPSA) is 84.5 Å². The van der Waals surface area contributed by atoms with Crippen LogP contribution in [0.5, 0.6) is 0 Å². The van der Waals surface area contributed by atoms with Crippen LogP contribution in [0, 0.1) is 11.8 Å². The van der Waals surface area contributed by atoms with Gasteiger partial charge in [0, 0.05) is 6.92 Å². The van der Waals surface area contributed by atoms with Crippen LogP contribution in [0.15, 0.2) is 0 Å². The summed E-state index contributed by atoms with van der Waals surface area (Å²) >= 11 is 0. The molecule has 0 aromatic rings. The van der Waals surface area contributed by atoms with Gasteiger partial charge >= 0.3 is 5.97 Å². The van der Waals surface area contributed by atoms with Crippen LogP contribution in [0.4, 0.5) is 0 Å². The number of ether oxygens (including phenoxy) is 1. The molecule has 0 heterocycles. The fourth-order valence-corrected chi connectivity index (χ4v) is 2.12. The van der Waals surface area contributed by atoms with E-state index in [1.807, 2.05) is 34.6 Å². The monoisotopic (exact) mass is 328 g/mol. The summed E-state index contributed by atoms with van der Waals surface area (Å²) < 4.78 is 5.23. The SMILES string of the molecule is CCCCOC(=O)C(CC(C)C)NC(=O)C(NC(C)=O)C(C)C. The molecule has 0 bridgehead atoms. The van der Waals surface area contributed by atoms with Crippen LogP contribution in [-0.4, -0.2) is 36.5 Å². The number of amides is 2. The van der Waals surface area contributed by atoms with Gasteiger partial charge in [0.25, 0.3) is 0 Å². The van der Waals surface area contributed by atoms with Crippen molar-refractivity contribution < 1.29 is 19.1 Å². The number of hydrogen-bond donors (Lipinski definition) is 2. The van der Waals surface area contributed by atoms with E-state index in [9.17, 15) is 14.4 Å². The molecule has 0 aliphatic rings. The van der Waals surface area contributed by atoms with Crippen molar-refractivity contribution >= 4 is 17.8 Å². The molecule has 23 heavy (non-hydrogen) atoms. The van der Waals surface area contributed by atoms with Gasteiger partial charge in [-0.2, -0.15) is 0 Å². The minimum atomic E-state index is -0.686. The third-order valence-electron chi connectivity index (χ3n) is 3.36. The number of carbonyl (C=O) groups excluding carboxylic acids is 3. The standard InChI is InChI=1S/C17H32N2O4/c1-7-8-9-23-17(22)14(10-11(2)3)19-16(21)15(12(4)5)18-13(6)20/h11-12,14-15H,7-10H2,1-6H3,(H,18,20)(H,19,21). The molecule has 0 saturated carbocycles. The number of rotatable bonds is 10. The van der Waals surface area contributed by atoms with Crippen molar-refractivity contribution in [3.05, 3.63) is 0 Å². The highest BCUT2D eigenvalue weighted by molar-refractivity contribution is 5.90. The van der Waals surface area contributed by atoms with Crippen LogP contribution < -0.4 is 10.6 Å². The summed E-state index contributed by atoms with van der Waals surface area (Å²) in [4.78, 5) is 35.8. The van der Waals surface area contributed by atoms with Crippen molar-refractivity contribution in [2.24, 2.45) is 11.8 Å². The molecule has 2 unspecified atom stereocenters. The van der Waals surface area contributed by atoms with Crippen LogP contribution in [0.25, 0.3) is 0 Å². The Bertz CT molecular complexity index is 394. The zero-order valence-electron chi connectivity index (χ0n) is 15.3. The maximum absolute atomic E-state index is 12.4. The average molecular weight is 328 g/mol. The van der Waals surface area contributed by atoms with Gasteiger partial charge in [0.1, 0.15) is 12.1 Å². The van der Waals surface area contributed by atoms with Crippen molar-refractivity contribution in [3.63, 3.8) is 0 Å². The normalized spacial score (nSPS) is 13.6. The Kier molecular flexibility index (Phi) is 10.3. The molecule has 6 nitrogen and oxygen atoms in total. The molecule has 2 N–H and O–H groups in total. The maximum Gasteiger partial charge on any atom is 0.328 e. The molecule has 2 atom stereocenters. The van der Waals surface area contributed by atoms with Gasteiger partial charge in [-0.1, -0.05) is 41.0 Å². The van der Waals surface area contributed by atoms with E-state index in [0.717, 1.165) is 12.8 Å². The lowest BCUT2D eigenvalue weighted by atomic mass is 10.0. The molecular weight excluding hydrogens is 296 g/mol. The quantitative estimate of drug-likeness (QED) is 0.475. The van der Waals surface area contributed by atoms with E-state index in [0.29, 0.717) is 13.0 Å². The number of carbonyl (C=O) groups is 3. The average Bonchev–Trinajstić information content (AvgIpc) is 2.43. The highest BCUT2D eigenvalue weighted by Gasteiger charge is 2.29. The van der Waals surface area contributed by atoms with E-state index < -0.39 is 18.1 Å². The van der Waals surface area contributed by atoms with Crippen LogP contribution in [-0.2, 0) is 19.1 Å². The molecule has 0 aliphatic heterocycles. The number of esters is 1. The Labute approximate surface area is 139 Å². The predicted molar refractivity (Wildman–Crippen MR) is 89.7 cm³/mol. The molecule has 0 rings (SSSR count). The second-order valence-corrected chi connectivity index (χ2v) is 6.63. The van der Waals surface area contributed by atoms with Crippen LogP contribution >= 0.6 is 0 Å². The van der Waals surface area contributed by atoms with Crippen molar-refractivity contribution in [2.75, 3.05) is 6.61 Å². The Morgan fingerprint density at radius 1 is 1.04 bits per heavy atom. The Morgan fingerprint density at radius 2 is 1.65 bits per heavy atom. The van der Waals surface area contributed by atoms with E-state index in [-0.39, 0.29) is 23.7 Å². The maximum atomic E-state index is 12.4. The second-order valence-electron chi connectivity index (χ2n) is 6.63. The number of unbranched alkanes of at least 4 members (excludes halogenated alkanes) is 1. The minimum absolute atomic E-state index is 0.0743. The summed E-state index contributed by atoms with van der Waals surface area (Å²) in [6, 6.07) is -1.35. The summed E-state index contributed by atoms with van der Waals surface area (Å²) in [5.41, 5.74) is 0. The summed E-state index contributed by atoms with van der Waals surface area (Å²) in [7, 11) is 0. The highest BCUT2D eigenvalue weighted by Crippen LogP contribution is 2.09. The van der Waals surface area contributed by atoms with Crippen LogP contribution in [0.1, 0.15) is 60.8 Å². The molecule has 0 fully saturated rings. The Morgan fingerprint density at radius 3 is 2.09 bits per heavy atom. The van der Waals surface area contributed by atoms with Crippen molar-refractivity contribution in [1.29, 1.82) is 0 Å². The molecule has 6 heteroatoms. The first-order valence-electron chi connectivity index (χ1n) is 8.43. The van der Waals surface area contributed by atoms with Crippen LogP contribution in [0.2, 0.25) is 0 Å². The molecule has 0 saturated heterocycles. The molecule has 0 spiro atoms. The van der Waals surface area contributed by atoms with E-state index >= 15 is 0 Å². The zero-order valence-corrected chi connectivity index (χ0v) is 15.3. The molecule has 0 aromatic carbocycles. The predicted octanol–water partition coefficient (Wildman–Crippen LogP) is 2.02. The zero-order chi connectivity index (χ0) is 18.0. The van der Waals surface area contributed by atoms with E-state index in [2.05, 4.69) is 10.6 Å². The van der Waals surface area contributed by atoms with Crippen molar-refractivity contribution in [1.82, 2.24) is 10.6 Å². The van der Waals surface area contributed by atoms with Gasteiger partial charge in [0.15, 0.2) is 0 Å². The van der Waals surface area contributed by atoms with Gasteiger partial charge in [0.05, 0.1) is 6.61 Å². The molecular formula is C17H32N2O4. The lowest BCUT2D eigenvalue weighted by Crippen LogP contribution is -2.53. The lowest BCUT2D eigenvalue weighted by molar-refractivity contribution is -0.148. The van der Waals surface area contributed by atoms with Gasteiger partial charge < -0.3 is 15.4 Å². The molecule has 0 aliphatic carbocycles.